The Morgan fingerprint density at radius 3 is 2.19 bits per heavy atom. The summed E-state index contributed by atoms with van der Waals surface area (Å²) in [5, 5.41) is 0.512. The first-order valence-corrected chi connectivity index (χ1v) is 6.47. The van der Waals surface area contributed by atoms with Gasteiger partial charge in [-0.1, -0.05) is 35.9 Å². The number of alkyl halides is 3. The minimum atomic E-state index is -4.32. The molecule has 0 spiro atoms. The van der Waals surface area contributed by atoms with E-state index in [0.29, 0.717) is 16.3 Å². The fraction of sp³-hybridized carbons (Fsp3) is 0.125. The third kappa shape index (κ3) is 4.02. The van der Waals surface area contributed by atoms with Crippen LogP contribution < -0.4 is 4.74 Å². The lowest BCUT2D eigenvalue weighted by atomic mass is 10.1. The summed E-state index contributed by atoms with van der Waals surface area (Å²) < 4.78 is 42.4. The van der Waals surface area contributed by atoms with Gasteiger partial charge in [-0.05, 0) is 41.5 Å². The molecule has 0 fully saturated rings. The molecule has 2 rings (SSSR count). The molecule has 1 nitrogen and oxygen atoms in total. The van der Waals surface area contributed by atoms with Crippen molar-refractivity contribution in [1.29, 1.82) is 0 Å². The number of halogens is 4. The van der Waals surface area contributed by atoms with Crippen molar-refractivity contribution in [3.05, 3.63) is 64.2 Å². The molecule has 0 aliphatic carbocycles. The molecule has 5 heteroatoms. The summed E-state index contributed by atoms with van der Waals surface area (Å²) in [7, 11) is 1.55. The molecule has 0 bridgehead atoms. The van der Waals surface area contributed by atoms with E-state index in [9.17, 15) is 13.2 Å². The van der Waals surface area contributed by atoms with Crippen LogP contribution in [-0.4, -0.2) is 7.11 Å². The molecule has 2 aromatic carbocycles. The molecule has 21 heavy (non-hydrogen) atoms. The third-order valence-corrected chi connectivity index (χ3v) is 3.23. The van der Waals surface area contributed by atoms with E-state index in [1.54, 1.807) is 37.5 Å². The first-order valence-electron chi connectivity index (χ1n) is 6.09. The van der Waals surface area contributed by atoms with Gasteiger partial charge in [0.15, 0.2) is 0 Å². The molecule has 0 unspecified atom stereocenters. The van der Waals surface area contributed by atoms with Crippen LogP contribution in [0.15, 0.2) is 42.5 Å². The second-order valence-electron chi connectivity index (χ2n) is 4.34. The Hall–Kier alpha value is -1.94. The van der Waals surface area contributed by atoms with Crippen molar-refractivity contribution in [2.75, 3.05) is 7.11 Å². The van der Waals surface area contributed by atoms with Crippen molar-refractivity contribution in [1.82, 2.24) is 0 Å². The fourth-order valence-electron chi connectivity index (χ4n) is 1.74. The van der Waals surface area contributed by atoms with Crippen LogP contribution in [0.25, 0.3) is 12.2 Å². The van der Waals surface area contributed by atoms with Crippen LogP contribution in [0.4, 0.5) is 13.2 Å². The van der Waals surface area contributed by atoms with Crippen molar-refractivity contribution in [2.24, 2.45) is 0 Å². The van der Waals surface area contributed by atoms with Gasteiger partial charge in [0, 0.05) is 0 Å². The van der Waals surface area contributed by atoms with E-state index >= 15 is 0 Å². The SMILES string of the molecule is COc1ccc(/C=C/c2ccc(C(F)(F)F)cc2)c(Cl)c1. The lowest BCUT2D eigenvalue weighted by Crippen LogP contribution is -2.03. The third-order valence-electron chi connectivity index (χ3n) is 2.90. The van der Waals surface area contributed by atoms with Gasteiger partial charge in [-0.3, -0.25) is 0 Å². The van der Waals surface area contributed by atoms with Crippen molar-refractivity contribution >= 4 is 23.8 Å². The summed E-state index contributed by atoms with van der Waals surface area (Å²) in [6.45, 7) is 0. The molecule has 0 amide bonds. The number of benzene rings is 2. The Labute approximate surface area is 125 Å². The molecule has 0 saturated heterocycles. The summed E-state index contributed by atoms with van der Waals surface area (Å²) >= 11 is 6.08. The molecule has 0 saturated carbocycles. The van der Waals surface area contributed by atoms with Crippen LogP contribution in [0, 0.1) is 0 Å². The predicted molar refractivity (Wildman–Crippen MR) is 78.4 cm³/mol. The van der Waals surface area contributed by atoms with Gasteiger partial charge in [-0.15, -0.1) is 0 Å². The molecule has 0 N–H and O–H groups in total. The van der Waals surface area contributed by atoms with Crippen molar-refractivity contribution in [2.45, 2.75) is 6.18 Å². The molecule has 110 valence electrons. The molecule has 0 atom stereocenters. The van der Waals surface area contributed by atoms with E-state index in [1.165, 1.54) is 12.1 Å². The molecular formula is C16H12ClF3O. The van der Waals surface area contributed by atoms with E-state index in [2.05, 4.69) is 0 Å². The van der Waals surface area contributed by atoms with Crippen LogP contribution in [0.1, 0.15) is 16.7 Å². The summed E-state index contributed by atoms with van der Waals surface area (Å²) in [4.78, 5) is 0. The Bertz CT molecular complexity index is 646. The number of rotatable bonds is 3. The summed E-state index contributed by atoms with van der Waals surface area (Å²) in [6, 6.07) is 10.1. The van der Waals surface area contributed by atoms with Gasteiger partial charge >= 0.3 is 6.18 Å². The standard InChI is InChI=1S/C16H12ClF3O/c1-21-14-9-6-12(15(17)10-14)5-2-11-3-7-13(8-4-11)16(18,19)20/h2-10H,1H3/b5-2+. The van der Waals surface area contributed by atoms with Gasteiger partial charge in [-0.2, -0.15) is 13.2 Å². The minimum absolute atomic E-state index is 0.512. The molecule has 0 aliphatic heterocycles. The van der Waals surface area contributed by atoms with E-state index in [-0.39, 0.29) is 0 Å². The number of hydrogen-bond donors (Lipinski definition) is 0. The maximum absolute atomic E-state index is 12.4. The molecule has 0 aliphatic rings. The fourth-order valence-corrected chi connectivity index (χ4v) is 1.97. The van der Waals surface area contributed by atoms with Crippen molar-refractivity contribution in [3.8, 4) is 5.75 Å². The molecule has 0 radical (unpaired) electrons. The van der Waals surface area contributed by atoms with Crippen LogP contribution >= 0.6 is 11.6 Å². The summed E-state index contributed by atoms with van der Waals surface area (Å²) in [6.07, 6.45) is -0.875. The van der Waals surface area contributed by atoms with Crippen LogP contribution in [-0.2, 0) is 6.18 Å². The normalized spacial score (nSPS) is 11.9. The lowest BCUT2D eigenvalue weighted by molar-refractivity contribution is -0.137. The highest BCUT2D eigenvalue weighted by atomic mass is 35.5. The Morgan fingerprint density at radius 2 is 1.67 bits per heavy atom. The van der Waals surface area contributed by atoms with Gasteiger partial charge < -0.3 is 4.74 Å². The number of ether oxygens (including phenoxy) is 1. The molecule has 2 aromatic rings. The van der Waals surface area contributed by atoms with Gasteiger partial charge in [0.1, 0.15) is 5.75 Å². The minimum Gasteiger partial charge on any atom is -0.497 e. The smallest absolute Gasteiger partial charge is 0.416 e. The van der Waals surface area contributed by atoms with Gasteiger partial charge in [0.25, 0.3) is 0 Å². The summed E-state index contributed by atoms with van der Waals surface area (Å²) in [5.74, 6) is 0.645. The molecular weight excluding hydrogens is 301 g/mol. The first-order chi connectivity index (χ1) is 9.90. The van der Waals surface area contributed by atoms with Crippen LogP contribution in [0.5, 0.6) is 5.75 Å². The highest BCUT2D eigenvalue weighted by Crippen LogP contribution is 2.29. The average Bonchev–Trinajstić information content (AvgIpc) is 2.45. The Balaban J connectivity index is 2.18. The Kier molecular flexibility index (Phi) is 4.58. The van der Waals surface area contributed by atoms with Crippen molar-refractivity contribution in [3.63, 3.8) is 0 Å². The molecule has 0 heterocycles. The maximum atomic E-state index is 12.4. The van der Waals surface area contributed by atoms with E-state index in [1.807, 2.05) is 0 Å². The van der Waals surface area contributed by atoms with Crippen molar-refractivity contribution < 1.29 is 17.9 Å². The van der Waals surface area contributed by atoms with Crippen LogP contribution in [0.3, 0.4) is 0 Å². The second kappa shape index (κ2) is 6.22. The van der Waals surface area contributed by atoms with E-state index in [4.69, 9.17) is 16.3 Å². The zero-order valence-electron chi connectivity index (χ0n) is 11.1. The van der Waals surface area contributed by atoms with Gasteiger partial charge in [0.05, 0.1) is 17.7 Å². The molecule has 0 aromatic heterocycles. The highest BCUT2D eigenvalue weighted by Gasteiger charge is 2.29. The largest absolute Gasteiger partial charge is 0.497 e. The Morgan fingerprint density at radius 1 is 1.00 bits per heavy atom. The van der Waals surface area contributed by atoms with Crippen LogP contribution in [0.2, 0.25) is 5.02 Å². The number of hydrogen-bond acceptors (Lipinski definition) is 1. The van der Waals surface area contributed by atoms with Gasteiger partial charge in [-0.25, -0.2) is 0 Å². The average molecular weight is 313 g/mol. The zero-order valence-corrected chi connectivity index (χ0v) is 11.9. The quantitative estimate of drug-likeness (QED) is 0.676. The monoisotopic (exact) mass is 312 g/mol. The summed E-state index contributed by atoms with van der Waals surface area (Å²) in [5.41, 5.74) is 0.759. The van der Waals surface area contributed by atoms with E-state index < -0.39 is 11.7 Å². The van der Waals surface area contributed by atoms with Gasteiger partial charge in [0.2, 0.25) is 0 Å². The number of methoxy groups -OCH3 is 1. The van der Waals surface area contributed by atoms with E-state index in [0.717, 1.165) is 17.7 Å². The lowest BCUT2D eigenvalue weighted by Gasteiger charge is -2.06. The highest BCUT2D eigenvalue weighted by molar-refractivity contribution is 6.32. The maximum Gasteiger partial charge on any atom is 0.416 e. The second-order valence-corrected chi connectivity index (χ2v) is 4.75. The topological polar surface area (TPSA) is 9.23 Å². The first kappa shape index (κ1) is 15.4. The zero-order chi connectivity index (χ0) is 15.5. The predicted octanol–water partition coefficient (Wildman–Crippen LogP) is 5.54.